The van der Waals surface area contributed by atoms with E-state index in [1.54, 1.807) is 12.1 Å². The Morgan fingerprint density at radius 3 is 2.41 bits per heavy atom. The first kappa shape index (κ1) is 11.7. The van der Waals surface area contributed by atoms with E-state index in [4.69, 9.17) is 0 Å². The van der Waals surface area contributed by atoms with Gasteiger partial charge in [0.05, 0.1) is 11.1 Å². The van der Waals surface area contributed by atoms with Crippen molar-refractivity contribution in [1.29, 1.82) is 0 Å². The van der Waals surface area contributed by atoms with Crippen LogP contribution in [0.3, 0.4) is 0 Å². The molecule has 90 valence electrons. The van der Waals surface area contributed by atoms with Crippen molar-refractivity contribution in [2.45, 2.75) is 6.18 Å². The lowest BCUT2D eigenvalue weighted by Crippen LogP contribution is -2.08. The maximum absolute atomic E-state index is 12.5. The number of rotatable bonds is 1. The van der Waals surface area contributed by atoms with E-state index < -0.39 is 11.7 Å². The molecule has 1 aromatic heterocycles. The van der Waals surface area contributed by atoms with Crippen LogP contribution in [0.5, 0.6) is 0 Å². The fraction of sp³-hybridized carbons (Fsp3) is 0.250. The molecular weight excluding hydrogens is 229 g/mol. The van der Waals surface area contributed by atoms with Crippen LogP contribution < -0.4 is 4.90 Å². The molecule has 0 saturated carbocycles. The molecule has 0 amide bonds. The van der Waals surface area contributed by atoms with Crippen molar-refractivity contribution < 1.29 is 13.2 Å². The molecule has 17 heavy (non-hydrogen) atoms. The van der Waals surface area contributed by atoms with Gasteiger partial charge in [0.15, 0.2) is 0 Å². The van der Waals surface area contributed by atoms with Gasteiger partial charge in [0.1, 0.15) is 0 Å². The molecule has 0 atom stereocenters. The molecule has 0 aliphatic carbocycles. The van der Waals surface area contributed by atoms with Gasteiger partial charge in [0.25, 0.3) is 0 Å². The summed E-state index contributed by atoms with van der Waals surface area (Å²) in [5.74, 6) is 0. The van der Waals surface area contributed by atoms with Crippen LogP contribution in [-0.4, -0.2) is 19.1 Å². The Hall–Kier alpha value is -1.78. The average molecular weight is 240 g/mol. The van der Waals surface area contributed by atoms with Gasteiger partial charge >= 0.3 is 6.18 Å². The summed E-state index contributed by atoms with van der Waals surface area (Å²) in [5.41, 5.74) is 0.683. The molecule has 2 nitrogen and oxygen atoms in total. The Morgan fingerprint density at radius 1 is 1.12 bits per heavy atom. The topological polar surface area (TPSA) is 16.1 Å². The number of hydrogen-bond acceptors (Lipinski definition) is 2. The predicted octanol–water partition coefficient (Wildman–Crippen LogP) is 3.32. The summed E-state index contributed by atoms with van der Waals surface area (Å²) >= 11 is 0. The number of anilines is 1. The Bertz CT molecular complexity index is 547. The molecule has 0 spiro atoms. The van der Waals surface area contributed by atoms with Crippen molar-refractivity contribution in [2.24, 2.45) is 0 Å². The van der Waals surface area contributed by atoms with Crippen LogP contribution in [0.15, 0.2) is 30.5 Å². The van der Waals surface area contributed by atoms with Crippen LogP contribution in [0.2, 0.25) is 0 Å². The SMILES string of the molecule is CN(C)c1ccc2ncc(C(F)(F)F)cc2c1. The number of benzene rings is 1. The van der Waals surface area contributed by atoms with Crippen LogP contribution >= 0.6 is 0 Å². The average Bonchev–Trinajstić information content (AvgIpc) is 2.26. The van der Waals surface area contributed by atoms with E-state index in [2.05, 4.69) is 4.98 Å². The molecule has 1 aromatic carbocycles. The molecule has 0 N–H and O–H groups in total. The number of pyridine rings is 1. The second kappa shape index (κ2) is 3.91. The van der Waals surface area contributed by atoms with E-state index in [1.807, 2.05) is 25.1 Å². The minimum absolute atomic E-state index is 0.492. The standard InChI is InChI=1S/C12H11F3N2/c1-17(2)10-3-4-11-8(6-10)5-9(7-16-11)12(13,14)15/h3-7H,1-2H3. The molecular formula is C12H11F3N2. The van der Waals surface area contributed by atoms with Gasteiger partial charge in [-0.3, -0.25) is 4.98 Å². The fourth-order valence-corrected chi connectivity index (χ4v) is 1.55. The Labute approximate surface area is 96.7 Å². The Balaban J connectivity index is 2.59. The molecule has 0 unspecified atom stereocenters. The number of halogens is 3. The highest BCUT2D eigenvalue weighted by atomic mass is 19.4. The summed E-state index contributed by atoms with van der Waals surface area (Å²) in [6.07, 6.45) is -3.49. The van der Waals surface area contributed by atoms with E-state index in [0.717, 1.165) is 18.0 Å². The maximum atomic E-state index is 12.5. The van der Waals surface area contributed by atoms with Gasteiger partial charge in [0.2, 0.25) is 0 Å². The van der Waals surface area contributed by atoms with Gasteiger partial charge in [-0.25, -0.2) is 0 Å². The number of nitrogens with zero attached hydrogens (tertiary/aromatic N) is 2. The summed E-state index contributed by atoms with van der Waals surface area (Å²) < 4.78 is 37.6. The van der Waals surface area contributed by atoms with Crippen molar-refractivity contribution in [3.8, 4) is 0 Å². The van der Waals surface area contributed by atoms with Gasteiger partial charge in [-0.2, -0.15) is 13.2 Å². The Morgan fingerprint density at radius 2 is 1.82 bits per heavy atom. The molecule has 2 aromatic rings. The quantitative estimate of drug-likeness (QED) is 0.760. The maximum Gasteiger partial charge on any atom is 0.417 e. The highest BCUT2D eigenvalue weighted by molar-refractivity contribution is 5.83. The zero-order valence-electron chi connectivity index (χ0n) is 9.42. The number of fused-ring (bicyclic) bond motifs is 1. The largest absolute Gasteiger partial charge is 0.417 e. The highest BCUT2D eigenvalue weighted by Gasteiger charge is 2.30. The van der Waals surface area contributed by atoms with E-state index in [1.165, 1.54) is 0 Å². The molecule has 5 heteroatoms. The van der Waals surface area contributed by atoms with Crippen molar-refractivity contribution in [1.82, 2.24) is 4.98 Å². The molecule has 0 aliphatic rings. The van der Waals surface area contributed by atoms with Crippen LogP contribution in [0.1, 0.15) is 5.56 Å². The monoisotopic (exact) mass is 240 g/mol. The minimum atomic E-state index is -4.35. The second-order valence-corrected chi connectivity index (χ2v) is 3.99. The van der Waals surface area contributed by atoms with Gasteiger partial charge in [-0.1, -0.05) is 0 Å². The van der Waals surface area contributed by atoms with Crippen LogP contribution in [0.25, 0.3) is 10.9 Å². The van der Waals surface area contributed by atoms with Crippen LogP contribution in [-0.2, 0) is 6.18 Å². The van der Waals surface area contributed by atoms with Gasteiger partial charge in [-0.05, 0) is 24.3 Å². The van der Waals surface area contributed by atoms with Crippen molar-refractivity contribution in [3.05, 3.63) is 36.0 Å². The van der Waals surface area contributed by atoms with E-state index in [9.17, 15) is 13.2 Å². The third-order valence-corrected chi connectivity index (χ3v) is 2.51. The summed E-state index contributed by atoms with van der Waals surface area (Å²) in [4.78, 5) is 5.64. The molecule has 2 rings (SSSR count). The third kappa shape index (κ3) is 2.33. The molecule has 0 radical (unpaired) electrons. The normalized spacial score (nSPS) is 11.8. The van der Waals surface area contributed by atoms with E-state index in [-0.39, 0.29) is 0 Å². The lowest BCUT2D eigenvalue weighted by molar-refractivity contribution is -0.137. The number of aromatic nitrogens is 1. The van der Waals surface area contributed by atoms with Crippen molar-refractivity contribution in [3.63, 3.8) is 0 Å². The lowest BCUT2D eigenvalue weighted by atomic mass is 10.1. The molecule has 0 saturated heterocycles. The number of alkyl halides is 3. The van der Waals surface area contributed by atoms with E-state index >= 15 is 0 Å². The summed E-state index contributed by atoms with van der Waals surface area (Å²) in [7, 11) is 3.67. The molecule has 0 aliphatic heterocycles. The van der Waals surface area contributed by atoms with E-state index in [0.29, 0.717) is 10.9 Å². The fourth-order valence-electron chi connectivity index (χ4n) is 1.55. The number of hydrogen-bond donors (Lipinski definition) is 0. The zero-order chi connectivity index (χ0) is 12.6. The first-order valence-electron chi connectivity index (χ1n) is 5.02. The van der Waals surface area contributed by atoms with Gasteiger partial charge in [0, 0.05) is 31.4 Å². The summed E-state index contributed by atoms with van der Waals surface area (Å²) in [6, 6.07) is 6.35. The first-order chi connectivity index (χ1) is 7.88. The van der Waals surface area contributed by atoms with Crippen LogP contribution in [0.4, 0.5) is 18.9 Å². The molecule has 0 bridgehead atoms. The van der Waals surface area contributed by atoms with Gasteiger partial charge in [-0.15, -0.1) is 0 Å². The zero-order valence-corrected chi connectivity index (χ0v) is 9.42. The van der Waals surface area contributed by atoms with Crippen molar-refractivity contribution >= 4 is 16.6 Å². The first-order valence-corrected chi connectivity index (χ1v) is 5.02. The predicted molar refractivity (Wildman–Crippen MR) is 61.1 cm³/mol. The molecule has 0 fully saturated rings. The second-order valence-electron chi connectivity index (χ2n) is 3.99. The summed E-state index contributed by atoms with van der Waals surface area (Å²) in [5, 5.41) is 0.492. The van der Waals surface area contributed by atoms with Crippen molar-refractivity contribution in [2.75, 3.05) is 19.0 Å². The lowest BCUT2D eigenvalue weighted by Gasteiger charge is -2.13. The smallest absolute Gasteiger partial charge is 0.378 e. The van der Waals surface area contributed by atoms with Gasteiger partial charge < -0.3 is 4.90 Å². The summed E-state index contributed by atoms with van der Waals surface area (Å²) in [6.45, 7) is 0. The highest BCUT2D eigenvalue weighted by Crippen LogP contribution is 2.31. The molecule has 1 heterocycles. The Kier molecular flexibility index (Phi) is 2.69. The minimum Gasteiger partial charge on any atom is -0.378 e. The van der Waals surface area contributed by atoms with Crippen LogP contribution in [0, 0.1) is 0 Å². The third-order valence-electron chi connectivity index (χ3n) is 2.51.